The summed E-state index contributed by atoms with van der Waals surface area (Å²) in [6.45, 7) is 10.0. The largest absolute Gasteiger partial charge is 0.444 e. The Morgan fingerprint density at radius 3 is 1.92 bits per heavy atom. The molecular weight excluding hydrogens is 320 g/mol. The van der Waals surface area contributed by atoms with Gasteiger partial charge in [-0.15, -0.1) is 0 Å². The van der Waals surface area contributed by atoms with Gasteiger partial charge in [-0.05, 0) is 84.2 Å². The van der Waals surface area contributed by atoms with E-state index in [2.05, 4.69) is 5.32 Å². The molecular formula is C19H38N2O4. The van der Waals surface area contributed by atoms with E-state index in [1.807, 2.05) is 20.8 Å². The van der Waals surface area contributed by atoms with Crippen LogP contribution in [0.5, 0.6) is 0 Å². The average Bonchev–Trinajstić information content (AvgIpc) is 2.56. The zero-order chi connectivity index (χ0) is 18.7. The van der Waals surface area contributed by atoms with E-state index < -0.39 is 5.60 Å². The smallest absolute Gasteiger partial charge is 0.410 e. The highest BCUT2D eigenvalue weighted by Gasteiger charge is 2.26. The van der Waals surface area contributed by atoms with Crippen LogP contribution in [-0.4, -0.2) is 66.2 Å². The van der Waals surface area contributed by atoms with Crippen molar-refractivity contribution < 1.29 is 19.7 Å². The molecule has 2 saturated heterocycles. The van der Waals surface area contributed by atoms with Crippen LogP contribution >= 0.6 is 0 Å². The summed E-state index contributed by atoms with van der Waals surface area (Å²) in [4.78, 5) is 13.5. The van der Waals surface area contributed by atoms with Crippen LogP contribution in [-0.2, 0) is 4.74 Å². The van der Waals surface area contributed by atoms with E-state index in [4.69, 9.17) is 14.9 Å². The highest BCUT2D eigenvalue weighted by molar-refractivity contribution is 5.68. The highest BCUT2D eigenvalue weighted by atomic mass is 16.6. The van der Waals surface area contributed by atoms with Crippen LogP contribution in [0.15, 0.2) is 0 Å². The lowest BCUT2D eigenvalue weighted by Crippen LogP contribution is -2.41. The van der Waals surface area contributed by atoms with Crippen LogP contribution < -0.4 is 5.32 Å². The molecule has 0 radical (unpaired) electrons. The lowest BCUT2D eigenvalue weighted by atomic mass is 9.94. The molecule has 0 unspecified atom stereocenters. The first-order valence-electron chi connectivity index (χ1n) is 9.76. The van der Waals surface area contributed by atoms with Crippen molar-refractivity contribution in [3.63, 3.8) is 0 Å². The molecule has 1 amide bonds. The molecule has 0 atom stereocenters. The second-order valence-corrected chi connectivity index (χ2v) is 8.13. The third-order valence-electron chi connectivity index (χ3n) is 4.80. The summed E-state index contributed by atoms with van der Waals surface area (Å²) in [7, 11) is 0. The van der Waals surface area contributed by atoms with Gasteiger partial charge in [0, 0.05) is 26.3 Å². The van der Waals surface area contributed by atoms with Crippen molar-refractivity contribution in [2.75, 3.05) is 39.4 Å². The lowest BCUT2D eigenvalue weighted by Gasteiger charge is -2.33. The molecule has 0 aromatic heterocycles. The number of aliphatic hydroxyl groups is 2. The molecule has 6 heteroatoms. The standard InChI is InChI=1S/C12H23NO3.C7H15NO/c1-12(2,3)16-11(15)13-7-4-10(5-8-13)6-9-14;9-6-3-7-1-4-8-5-2-7/h10,14H,4-9H2,1-3H3;7-9H,1-6H2. The third kappa shape index (κ3) is 10.0. The number of carbonyl (C=O) groups is 1. The van der Waals surface area contributed by atoms with E-state index in [0.29, 0.717) is 12.5 Å². The summed E-state index contributed by atoms with van der Waals surface area (Å²) in [6, 6.07) is 0. The summed E-state index contributed by atoms with van der Waals surface area (Å²) in [5, 5.41) is 20.7. The first-order valence-corrected chi connectivity index (χ1v) is 9.76. The molecule has 0 bridgehead atoms. The summed E-state index contributed by atoms with van der Waals surface area (Å²) in [6.07, 6.45) is 6.08. The number of rotatable bonds is 4. The number of hydrogen-bond acceptors (Lipinski definition) is 5. The molecule has 2 heterocycles. The maximum atomic E-state index is 11.7. The minimum absolute atomic E-state index is 0.213. The number of likely N-dealkylation sites (tertiary alicyclic amines) is 1. The normalized spacial score (nSPS) is 20.0. The Hall–Kier alpha value is -0.850. The Balaban J connectivity index is 0.000000293. The second-order valence-electron chi connectivity index (χ2n) is 8.13. The fourth-order valence-electron chi connectivity index (χ4n) is 3.27. The van der Waals surface area contributed by atoms with Gasteiger partial charge in [0.25, 0.3) is 0 Å². The molecule has 2 fully saturated rings. The number of piperidine rings is 2. The predicted octanol–water partition coefficient (Wildman–Crippen LogP) is 2.38. The highest BCUT2D eigenvalue weighted by Crippen LogP contribution is 2.21. The maximum Gasteiger partial charge on any atom is 0.410 e. The first-order chi connectivity index (χ1) is 11.9. The van der Waals surface area contributed by atoms with Crippen molar-refractivity contribution in [2.45, 2.75) is 64.9 Å². The Kier molecular flexibility index (Phi) is 10.4. The number of amides is 1. The minimum Gasteiger partial charge on any atom is -0.444 e. The van der Waals surface area contributed by atoms with Gasteiger partial charge in [-0.2, -0.15) is 0 Å². The van der Waals surface area contributed by atoms with E-state index in [-0.39, 0.29) is 12.7 Å². The van der Waals surface area contributed by atoms with Crippen LogP contribution in [0, 0.1) is 11.8 Å². The van der Waals surface area contributed by atoms with Crippen molar-refractivity contribution in [3.8, 4) is 0 Å². The van der Waals surface area contributed by atoms with Gasteiger partial charge in [-0.3, -0.25) is 0 Å². The van der Waals surface area contributed by atoms with Gasteiger partial charge in [0.15, 0.2) is 0 Å². The van der Waals surface area contributed by atoms with Crippen LogP contribution in [0.3, 0.4) is 0 Å². The quantitative estimate of drug-likeness (QED) is 0.719. The molecule has 0 aliphatic carbocycles. The topological polar surface area (TPSA) is 82.0 Å². The Labute approximate surface area is 152 Å². The van der Waals surface area contributed by atoms with Gasteiger partial charge in [0.1, 0.15) is 5.60 Å². The molecule has 0 spiro atoms. The van der Waals surface area contributed by atoms with Crippen LogP contribution in [0.25, 0.3) is 0 Å². The van der Waals surface area contributed by atoms with Gasteiger partial charge < -0.3 is 25.2 Å². The Morgan fingerprint density at radius 1 is 1.00 bits per heavy atom. The molecule has 148 valence electrons. The van der Waals surface area contributed by atoms with Gasteiger partial charge >= 0.3 is 6.09 Å². The predicted molar refractivity (Wildman–Crippen MR) is 99.5 cm³/mol. The van der Waals surface area contributed by atoms with Gasteiger partial charge in [0.2, 0.25) is 0 Å². The fourth-order valence-corrected chi connectivity index (χ4v) is 3.27. The van der Waals surface area contributed by atoms with Gasteiger partial charge in [0.05, 0.1) is 0 Å². The maximum absolute atomic E-state index is 11.7. The molecule has 0 aromatic rings. The second kappa shape index (κ2) is 11.7. The third-order valence-corrected chi connectivity index (χ3v) is 4.80. The monoisotopic (exact) mass is 358 g/mol. The molecule has 25 heavy (non-hydrogen) atoms. The number of aliphatic hydroxyl groups excluding tert-OH is 2. The zero-order valence-corrected chi connectivity index (χ0v) is 16.3. The average molecular weight is 359 g/mol. The minimum atomic E-state index is -0.418. The number of ether oxygens (including phenoxy) is 1. The zero-order valence-electron chi connectivity index (χ0n) is 16.3. The number of nitrogens with zero attached hydrogens (tertiary/aromatic N) is 1. The molecule has 0 aromatic carbocycles. The van der Waals surface area contributed by atoms with Crippen LogP contribution in [0.2, 0.25) is 0 Å². The molecule has 6 nitrogen and oxygen atoms in total. The number of carbonyl (C=O) groups excluding carboxylic acids is 1. The summed E-state index contributed by atoms with van der Waals surface area (Å²) in [5.41, 5.74) is -0.418. The van der Waals surface area contributed by atoms with Crippen molar-refractivity contribution in [1.82, 2.24) is 10.2 Å². The van der Waals surface area contributed by atoms with E-state index in [0.717, 1.165) is 57.8 Å². The van der Waals surface area contributed by atoms with E-state index >= 15 is 0 Å². The Morgan fingerprint density at radius 2 is 1.48 bits per heavy atom. The summed E-state index contributed by atoms with van der Waals surface area (Å²) < 4.78 is 5.31. The van der Waals surface area contributed by atoms with E-state index in [9.17, 15) is 4.79 Å². The number of hydrogen-bond donors (Lipinski definition) is 3. The molecule has 2 aliphatic rings. The van der Waals surface area contributed by atoms with E-state index in [1.54, 1.807) is 4.90 Å². The SMILES string of the molecule is CC(C)(C)OC(=O)N1CCC(CCO)CC1.OCCC1CCNCC1. The molecule has 0 saturated carbocycles. The van der Waals surface area contributed by atoms with Gasteiger partial charge in [-0.1, -0.05) is 0 Å². The molecule has 3 N–H and O–H groups in total. The van der Waals surface area contributed by atoms with Crippen molar-refractivity contribution in [2.24, 2.45) is 11.8 Å². The first kappa shape index (κ1) is 22.2. The van der Waals surface area contributed by atoms with Gasteiger partial charge in [-0.25, -0.2) is 4.79 Å². The van der Waals surface area contributed by atoms with Crippen molar-refractivity contribution >= 4 is 6.09 Å². The van der Waals surface area contributed by atoms with Crippen LogP contribution in [0.1, 0.15) is 59.3 Å². The Bertz CT molecular complexity index is 354. The summed E-state index contributed by atoms with van der Waals surface area (Å²) in [5.74, 6) is 1.35. The van der Waals surface area contributed by atoms with E-state index in [1.165, 1.54) is 12.8 Å². The molecule has 2 aliphatic heterocycles. The number of nitrogens with one attached hydrogen (secondary N) is 1. The lowest BCUT2D eigenvalue weighted by molar-refractivity contribution is 0.0176. The molecule has 2 rings (SSSR count). The van der Waals surface area contributed by atoms with Crippen LogP contribution in [0.4, 0.5) is 4.79 Å². The fraction of sp³-hybridized carbons (Fsp3) is 0.947. The van der Waals surface area contributed by atoms with Crippen molar-refractivity contribution in [3.05, 3.63) is 0 Å². The summed E-state index contributed by atoms with van der Waals surface area (Å²) >= 11 is 0. The van der Waals surface area contributed by atoms with Crippen molar-refractivity contribution in [1.29, 1.82) is 0 Å².